The molecule has 1 heterocycles. The van der Waals surface area contributed by atoms with Crippen LogP contribution in [0.25, 0.3) is 0 Å². The fourth-order valence-electron chi connectivity index (χ4n) is 1.55. The highest BCUT2D eigenvalue weighted by molar-refractivity contribution is 5.95. The van der Waals surface area contributed by atoms with Crippen molar-refractivity contribution in [2.75, 3.05) is 20.4 Å². The predicted octanol–water partition coefficient (Wildman–Crippen LogP) is -0.321. The first kappa shape index (κ1) is 13.2. The minimum atomic E-state index is -1.39. The molecule has 1 aliphatic rings. The number of methoxy groups -OCH3 is 1. The van der Waals surface area contributed by atoms with Gasteiger partial charge in [0, 0.05) is 5.56 Å². The lowest BCUT2D eigenvalue weighted by molar-refractivity contribution is -0.149. The van der Waals surface area contributed by atoms with Crippen molar-refractivity contribution in [1.29, 1.82) is 0 Å². The average molecular weight is 267 g/mol. The number of hydrogen-bond acceptors (Lipinski definition) is 6. The van der Waals surface area contributed by atoms with Gasteiger partial charge in [-0.1, -0.05) is 0 Å². The third-order valence-corrected chi connectivity index (χ3v) is 2.56. The van der Waals surface area contributed by atoms with Crippen LogP contribution in [-0.2, 0) is 9.53 Å². The second kappa shape index (κ2) is 5.57. The number of aliphatic hydroxyl groups is 1. The second-order valence-corrected chi connectivity index (χ2v) is 3.82. The summed E-state index contributed by atoms with van der Waals surface area (Å²) in [5, 5.41) is 11.8. The number of carbonyl (C=O) groups is 2. The van der Waals surface area contributed by atoms with Gasteiger partial charge in [0.15, 0.2) is 17.6 Å². The maximum Gasteiger partial charge on any atom is 0.336 e. The Hall–Kier alpha value is -2.28. The molecule has 2 rings (SSSR count). The number of fused-ring (bicyclic) bond motifs is 1. The molecule has 0 saturated heterocycles. The Bertz CT molecular complexity index is 501. The molecule has 2 N–H and O–H groups in total. The summed E-state index contributed by atoms with van der Waals surface area (Å²) in [5.74, 6) is -0.167. The molecule has 0 spiro atoms. The summed E-state index contributed by atoms with van der Waals surface area (Å²) >= 11 is 0. The van der Waals surface area contributed by atoms with Gasteiger partial charge >= 0.3 is 5.97 Å². The number of ether oxygens (including phenoxy) is 3. The average Bonchev–Trinajstić information content (AvgIpc) is 2.90. The zero-order chi connectivity index (χ0) is 13.8. The Balaban J connectivity index is 1.95. The minimum Gasteiger partial charge on any atom is -0.467 e. The molecular formula is C12H13NO6. The van der Waals surface area contributed by atoms with Crippen molar-refractivity contribution in [3.05, 3.63) is 23.8 Å². The van der Waals surface area contributed by atoms with Gasteiger partial charge in [-0.2, -0.15) is 0 Å². The van der Waals surface area contributed by atoms with E-state index in [0.29, 0.717) is 17.1 Å². The molecule has 7 heteroatoms. The van der Waals surface area contributed by atoms with Crippen LogP contribution >= 0.6 is 0 Å². The van der Waals surface area contributed by atoms with Crippen molar-refractivity contribution in [2.45, 2.75) is 6.10 Å². The smallest absolute Gasteiger partial charge is 0.336 e. The van der Waals surface area contributed by atoms with Crippen LogP contribution in [0.1, 0.15) is 10.4 Å². The Morgan fingerprint density at radius 3 is 2.89 bits per heavy atom. The van der Waals surface area contributed by atoms with Gasteiger partial charge in [0.25, 0.3) is 5.91 Å². The molecule has 1 aliphatic heterocycles. The summed E-state index contributed by atoms with van der Waals surface area (Å²) in [6.07, 6.45) is -1.39. The fourth-order valence-corrected chi connectivity index (χ4v) is 1.55. The molecular weight excluding hydrogens is 254 g/mol. The SMILES string of the molecule is COC(=O)C(O)CNC(=O)c1ccc2c(c1)OCO2. The van der Waals surface area contributed by atoms with E-state index in [2.05, 4.69) is 10.1 Å². The Labute approximate surface area is 109 Å². The molecule has 1 atom stereocenters. The highest BCUT2D eigenvalue weighted by Crippen LogP contribution is 2.32. The zero-order valence-electron chi connectivity index (χ0n) is 10.2. The molecule has 0 aromatic heterocycles. The largest absolute Gasteiger partial charge is 0.467 e. The van der Waals surface area contributed by atoms with Gasteiger partial charge < -0.3 is 24.6 Å². The second-order valence-electron chi connectivity index (χ2n) is 3.82. The van der Waals surface area contributed by atoms with E-state index in [1.54, 1.807) is 12.1 Å². The predicted molar refractivity (Wildman–Crippen MR) is 62.9 cm³/mol. The standard InChI is InChI=1S/C12H13NO6/c1-17-12(16)8(14)5-13-11(15)7-2-3-9-10(4-7)19-6-18-9/h2-4,8,14H,5-6H2,1H3,(H,13,15). The van der Waals surface area contributed by atoms with Crippen LogP contribution in [0.5, 0.6) is 11.5 Å². The first-order chi connectivity index (χ1) is 9.11. The molecule has 0 aliphatic carbocycles. The van der Waals surface area contributed by atoms with Gasteiger partial charge in [0.05, 0.1) is 13.7 Å². The number of hydrogen-bond donors (Lipinski definition) is 2. The molecule has 1 amide bonds. The van der Waals surface area contributed by atoms with Crippen LogP contribution in [0.3, 0.4) is 0 Å². The van der Waals surface area contributed by atoms with Crippen molar-refractivity contribution in [1.82, 2.24) is 5.32 Å². The number of amides is 1. The highest BCUT2D eigenvalue weighted by atomic mass is 16.7. The Morgan fingerprint density at radius 1 is 1.42 bits per heavy atom. The molecule has 0 saturated carbocycles. The molecule has 102 valence electrons. The topological polar surface area (TPSA) is 94.1 Å². The number of carbonyl (C=O) groups excluding carboxylic acids is 2. The number of benzene rings is 1. The third-order valence-electron chi connectivity index (χ3n) is 2.56. The molecule has 7 nitrogen and oxygen atoms in total. The van der Waals surface area contributed by atoms with Crippen molar-refractivity contribution in [2.24, 2.45) is 0 Å². The van der Waals surface area contributed by atoms with Crippen LogP contribution < -0.4 is 14.8 Å². The van der Waals surface area contributed by atoms with E-state index >= 15 is 0 Å². The summed E-state index contributed by atoms with van der Waals surface area (Å²) in [6.45, 7) is -0.0958. The normalized spacial score (nSPS) is 13.8. The van der Waals surface area contributed by atoms with E-state index in [4.69, 9.17) is 9.47 Å². The first-order valence-electron chi connectivity index (χ1n) is 5.55. The van der Waals surface area contributed by atoms with Gasteiger partial charge in [-0.3, -0.25) is 4.79 Å². The van der Waals surface area contributed by atoms with Crippen LogP contribution in [0.2, 0.25) is 0 Å². The fraction of sp³-hybridized carbons (Fsp3) is 0.333. The van der Waals surface area contributed by atoms with Gasteiger partial charge in [-0.05, 0) is 18.2 Å². The van der Waals surface area contributed by atoms with Crippen LogP contribution in [-0.4, -0.2) is 43.5 Å². The molecule has 19 heavy (non-hydrogen) atoms. The monoisotopic (exact) mass is 267 g/mol. The van der Waals surface area contributed by atoms with Crippen molar-refractivity contribution in [3.8, 4) is 11.5 Å². The van der Waals surface area contributed by atoms with Crippen LogP contribution in [0.4, 0.5) is 0 Å². The van der Waals surface area contributed by atoms with Gasteiger partial charge in [0.1, 0.15) is 0 Å². The van der Waals surface area contributed by atoms with Gasteiger partial charge in [-0.15, -0.1) is 0 Å². The molecule has 0 fully saturated rings. The molecule has 0 radical (unpaired) electrons. The van der Waals surface area contributed by atoms with Gasteiger partial charge in [0.2, 0.25) is 6.79 Å². The van der Waals surface area contributed by atoms with Crippen molar-refractivity contribution >= 4 is 11.9 Å². The lowest BCUT2D eigenvalue weighted by Crippen LogP contribution is -2.37. The number of aliphatic hydroxyl groups excluding tert-OH is 1. The van der Waals surface area contributed by atoms with E-state index in [-0.39, 0.29) is 13.3 Å². The summed E-state index contributed by atoms with van der Waals surface area (Å²) in [6, 6.07) is 4.71. The van der Waals surface area contributed by atoms with Crippen LogP contribution in [0.15, 0.2) is 18.2 Å². The lowest BCUT2D eigenvalue weighted by Gasteiger charge is -2.10. The summed E-state index contributed by atoms with van der Waals surface area (Å²) in [5.41, 5.74) is 0.348. The minimum absolute atomic E-state index is 0.126. The van der Waals surface area contributed by atoms with E-state index in [0.717, 1.165) is 7.11 Å². The lowest BCUT2D eigenvalue weighted by atomic mass is 10.2. The zero-order valence-corrected chi connectivity index (χ0v) is 10.2. The number of esters is 1. The molecule has 1 unspecified atom stereocenters. The molecule has 0 bridgehead atoms. The maximum atomic E-state index is 11.8. The maximum absolute atomic E-state index is 11.8. The number of rotatable bonds is 4. The van der Waals surface area contributed by atoms with Crippen LogP contribution in [0, 0.1) is 0 Å². The van der Waals surface area contributed by atoms with E-state index in [1.165, 1.54) is 6.07 Å². The Morgan fingerprint density at radius 2 is 2.16 bits per heavy atom. The summed E-state index contributed by atoms with van der Waals surface area (Å²) in [7, 11) is 1.16. The summed E-state index contributed by atoms with van der Waals surface area (Å²) in [4.78, 5) is 22.7. The summed E-state index contributed by atoms with van der Waals surface area (Å²) < 4.78 is 14.6. The van der Waals surface area contributed by atoms with E-state index in [1.807, 2.05) is 0 Å². The van der Waals surface area contributed by atoms with Crippen molar-refractivity contribution in [3.63, 3.8) is 0 Å². The first-order valence-corrected chi connectivity index (χ1v) is 5.55. The van der Waals surface area contributed by atoms with E-state index < -0.39 is 18.0 Å². The Kier molecular flexibility index (Phi) is 3.86. The quantitative estimate of drug-likeness (QED) is 0.726. The molecule has 1 aromatic rings. The number of nitrogens with one attached hydrogen (secondary N) is 1. The van der Waals surface area contributed by atoms with E-state index in [9.17, 15) is 14.7 Å². The van der Waals surface area contributed by atoms with Gasteiger partial charge in [-0.25, -0.2) is 4.79 Å². The van der Waals surface area contributed by atoms with Crippen molar-refractivity contribution < 1.29 is 28.9 Å². The highest BCUT2D eigenvalue weighted by Gasteiger charge is 2.19. The molecule has 1 aromatic carbocycles. The third kappa shape index (κ3) is 2.94.